The fraction of sp³-hybridized carbons (Fsp3) is 0.667. The Kier molecular flexibility index (Phi) is 2.54. The molecule has 1 rings (SSSR count). The van der Waals surface area contributed by atoms with Crippen molar-refractivity contribution in [1.82, 2.24) is 9.62 Å². The molecule has 1 saturated heterocycles. The van der Waals surface area contributed by atoms with E-state index in [9.17, 15) is 13.2 Å². The average Bonchev–Trinajstić information content (AvgIpc) is 2.77. The lowest BCUT2D eigenvalue weighted by molar-refractivity contribution is -0.124. The fourth-order valence-corrected chi connectivity index (χ4v) is 1.21. The van der Waals surface area contributed by atoms with Crippen LogP contribution in [0, 0.1) is 11.3 Å². The van der Waals surface area contributed by atoms with Gasteiger partial charge in [0.25, 0.3) is 0 Å². The fourth-order valence-electron chi connectivity index (χ4n) is 0.820. The summed E-state index contributed by atoms with van der Waals surface area (Å²) in [6, 6.07) is 1.53. The van der Waals surface area contributed by atoms with E-state index in [1.807, 2.05) is 6.07 Å². The normalized spacial score (nSPS) is 20.9. The summed E-state index contributed by atoms with van der Waals surface area (Å²) in [5, 5.41) is 8.37. The maximum absolute atomic E-state index is 11.1. The van der Waals surface area contributed by atoms with E-state index in [1.165, 1.54) is 4.90 Å². The molecule has 13 heavy (non-hydrogen) atoms. The molecule has 0 aliphatic carbocycles. The summed E-state index contributed by atoms with van der Waals surface area (Å²) in [6.07, 6.45) is 0.976. The van der Waals surface area contributed by atoms with Crippen LogP contribution in [-0.4, -0.2) is 44.6 Å². The van der Waals surface area contributed by atoms with Crippen molar-refractivity contribution in [2.24, 2.45) is 0 Å². The van der Waals surface area contributed by atoms with Gasteiger partial charge in [0.15, 0.2) is 0 Å². The summed E-state index contributed by atoms with van der Waals surface area (Å²) in [4.78, 5) is 12.4. The first-order valence-corrected chi connectivity index (χ1v) is 5.47. The lowest BCUT2D eigenvalue weighted by Crippen LogP contribution is -2.32. The zero-order valence-corrected chi connectivity index (χ0v) is 7.84. The Morgan fingerprint density at radius 1 is 1.77 bits per heavy atom. The van der Waals surface area contributed by atoms with Crippen molar-refractivity contribution in [1.29, 1.82) is 5.26 Å². The third kappa shape index (κ3) is 3.01. The molecule has 0 saturated carbocycles. The molecule has 1 amide bonds. The van der Waals surface area contributed by atoms with Crippen molar-refractivity contribution in [3.8, 4) is 6.07 Å². The van der Waals surface area contributed by atoms with Gasteiger partial charge in [0, 0.05) is 0 Å². The van der Waals surface area contributed by atoms with Crippen LogP contribution < -0.4 is 4.72 Å². The Hall–Kier alpha value is -1.13. The largest absolute Gasteiger partial charge is 0.321 e. The van der Waals surface area contributed by atoms with Crippen LogP contribution in [-0.2, 0) is 14.8 Å². The van der Waals surface area contributed by atoms with E-state index in [4.69, 9.17) is 5.26 Å². The lowest BCUT2D eigenvalue weighted by Gasteiger charge is -2.01. The van der Waals surface area contributed by atoms with Gasteiger partial charge in [-0.2, -0.15) is 5.26 Å². The van der Waals surface area contributed by atoms with E-state index < -0.39 is 10.0 Å². The minimum absolute atomic E-state index is 0.267. The molecule has 0 aromatic heterocycles. The molecule has 1 N–H and O–H groups in total. The molecule has 0 bridgehead atoms. The molecule has 1 aliphatic rings. The van der Waals surface area contributed by atoms with E-state index in [1.54, 1.807) is 0 Å². The van der Waals surface area contributed by atoms with Crippen LogP contribution in [0.3, 0.4) is 0 Å². The van der Waals surface area contributed by atoms with Crippen molar-refractivity contribution in [2.75, 3.05) is 19.3 Å². The molecular formula is C6H9N3O3S. The number of carbonyl (C=O) groups excluding carboxylic acids is 1. The molecule has 1 heterocycles. The van der Waals surface area contributed by atoms with Gasteiger partial charge in [-0.05, 0) is 0 Å². The minimum Gasteiger partial charge on any atom is -0.321 e. The van der Waals surface area contributed by atoms with Crippen LogP contribution in [0.25, 0.3) is 0 Å². The topological polar surface area (TPSA) is 90.0 Å². The zero-order valence-electron chi connectivity index (χ0n) is 7.02. The number of carbonyl (C=O) groups is 1. The van der Waals surface area contributed by atoms with E-state index in [-0.39, 0.29) is 18.5 Å². The quantitative estimate of drug-likeness (QED) is 0.552. The van der Waals surface area contributed by atoms with Crippen LogP contribution in [0.1, 0.15) is 0 Å². The van der Waals surface area contributed by atoms with Gasteiger partial charge in [0.1, 0.15) is 6.04 Å². The summed E-state index contributed by atoms with van der Waals surface area (Å²) in [5.74, 6) is -0.364. The number of amides is 1. The Labute approximate surface area is 76.2 Å². The second-order valence-corrected chi connectivity index (χ2v) is 4.62. The molecule has 1 fully saturated rings. The van der Waals surface area contributed by atoms with Crippen LogP contribution in [0.2, 0.25) is 0 Å². The second-order valence-electron chi connectivity index (χ2n) is 2.78. The predicted octanol–water partition coefficient (Wildman–Crippen LogP) is -1.73. The molecule has 1 aliphatic heterocycles. The minimum atomic E-state index is -3.33. The highest BCUT2D eigenvalue weighted by atomic mass is 32.2. The van der Waals surface area contributed by atoms with Crippen molar-refractivity contribution in [3.05, 3.63) is 0 Å². The van der Waals surface area contributed by atoms with E-state index in [0.717, 1.165) is 6.26 Å². The number of nitriles is 1. The van der Waals surface area contributed by atoms with Gasteiger partial charge in [-0.15, -0.1) is 0 Å². The van der Waals surface area contributed by atoms with Crippen LogP contribution >= 0.6 is 0 Å². The van der Waals surface area contributed by atoms with Crippen LogP contribution in [0.15, 0.2) is 0 Å². The first kappa shape index (κ1) is 9.95. The zero-order chi connectivity index (χ0) is 10.1. The standard InChI is InChI=1S/C6H9N3O3S/c1-13(11,12)8-3-6(10)9-4-5(9)2-7/h5,8H,3-4H2,1H3. The van der Waals surface area contributed by atoms with Gasteiger partial charge in [0.05, 0.1) is 25.4 Å². The second kappa shape index (κ2) is 3.32. The highest BCUT2D eigenvalue weighted by molar-refractivity contribution is 7.88. The van der Waals surface area contributed by atoms with Gasteiger partial charge >= 0.3 is 0 Å². The van der Waals surface area contributed by atoms with Crippen molar-refractivity contribution in [3.63, 3.8) is 0 Å². The summed E-state index contributed by atoms with van der Waals surface area (Å²) in [7, 11) is -3.33. The Balaban J connectivity index is 2.33. The molecule has 6 nitrogen and oxygen atoms in total. The third-order valence-electron chi connectivity index (χ3n) is 1.57. The predicted molar refractivity (Wildman–Crippen MR) is 44.0 cm³/mol. The number of hydrogen-bond donors (Lipinski definition) is 1. The SMILES string of the molecule is CS(=O)(=O)NCC(=O)N1CC1C#N. The lowest BCUT2D eigenvalue weighted by atomic mass is 10.5. The van der Waals surface area contributed by atoms with Crippen molar-refractivity contribution >= 4 is 15.9 Å². The summed E-state index contributed by atoms with van der Waals surface area (Å²) < 4.78 is 23.2. The molecule has 7 heteroatoms. The monoisotopic (exact) mass is 203 g/mol. The van der Waals surface area contributed by atoms with Crippen LogP contribution in [0.5, 0.6) is 0 Å². The maximum Gasteiger partial charge on any atom is 0.238 e. The van der Waals surface area contributed by atoms with E-state index in [2.05, 4.69) is 4.72 Å². The first-order chi connectivity index (χ1) is 5.94. The van der Waals surface area contributed by atoms with Crippen molar-refractivity contribution < 1.29 is 13.2 Å². The number of hydrogen-bond acceptors (Lipinski definition) is 4. The number of sulfonamides is 1. The van der Waals surface area contributed by atoms with E-state index >= 15 is 0 Å². The number of nitrogens with one attached hydrogen (secondary N) is 1. The number of nitrogens with zero attached hydrogens (tertiary/aromatic N) is 2. The van der Waals surface area contributed by atoms with Crippen molar-refractivity contribution in [2.45, 2.75) is 6.04 Å². The van der Waals surface area contributed by atoms with Gasteiger partial charge in [-0.25, -0.2) is 13.1 Å². The molecule has 0 aromatic rings. The smallest absolute Gasteiger partial charge is 0.238 e. The first-order valence-electron chi connectivity index (χ1n) is 3.58. The molecule has 0 spiro atoms. The molecule has 72 valence electrons. The third-order valence-corrected chi connectivity index (χ3v) is 2.24. The average molecular weight is 203 g/mol. The van der Waals surface area contributed by atoms with Gasteiger partial charge in [0.2, 0.25) is 15.9 Å². The molecule has 1 atom stereocenters. The maximum atomic E-state index is 11.1. The van der Waals surface area contributed by atoms with Gasteiger partial charge < -0.3 is 4.90 Å². The Bertz CT molecular complexity index is 356. The molecule has 1 unspecified atom stereocenters. The highest BCUT2D eigenvalue weighted by Crippen LogP contribution is 2.15. The van der Waals surface area contributed by atoms with Gasteiger partial charge in [-0.1, -0.05) is 0 Å². The molecule has 0 aromatic carbocycles. The summed E-state index contributed by atoms with van der Waals surface area (Å²) in [5.41, 5.74) is 0. The molecule has 0 radical (unpaired) electrons. The molecular weight excluding hydrogens is 194 g/mol. The summed E-state index contributed by atoms with van der Waals surface area (Å²) in [6.45, 7) is 0.137. The highest BCUT2D eigenvalue weighted by Gasteiger charge is 2.38. The van der Waals surface area contributed by atoms with Crippen LogP contribution in [0.4, 0.5) is 0 Å². The summed E-state index contributed by atoms with van der Waals surface area (Å²) >= 11 is 0. The number of rotatable bonds is 3. The Morgan fingerprint density at radius 3 is 2.77 bits per heavy atom. The Morgan fingerprint density at radius 2 is 2.38 bits per heavy atom. The van der Waals surface area contributed by atoms with Gasteiger partial charge in [-0.3, -0.25) is 4.79 Å². The van der Waals surface area contributed by atoms with E-state index in [0.29, 0.717) is 6.54 Å².